The van der Waals surface area contributed by atoms with Gasteiger partial charge in [-0.15, -0.1) is 0 Å². The first-order chi connectivity index (χ1) is 9.52. The van der Waals surface area contributed by atoms with Crippen LogP contribution in [0.15, 0.2) is 42.2 Å². The summed E-state index contributed by atoms with van der Waals surface area (Å²) < 4.78 is 10.3. The van der Waals surface area contributed by atoms with Gasteiger partial charge in [0.15, 0.2) is 0 Å². The van der Waals surface area contributed by atoms with E-state index in [2.05, 4.69) is 0 Å². The van der Waals surface area contributed by atoms with Crippen LogP contribution >= 0.6 is 0 Å². The molecule has 5 heteroatoms. The average molecular weight is 277 g/mol. The Kier molecular flexibility index (Phi) is 6.46. The Bertz CT molecular complexity index is 468. The third-order valence-electron chi connectivity index (χ3n) is 2.31. The molecule has 1 aromatic rings. The second-order valence-corrected chi connectivity index (χ2v) is 4.42. The molecule has 0 aliphatic carbocycles. The van der Waals surface area contributed by atoms with E-state index < -0.39 is 12.1 Å². The number of rotatable bonds is 7. The molecule has 0 aromatic heterocycles. The van der Waals surface area contributed by atoms with Crippen molar-refractivity contribution in [3.63, 3.8) is 0 Å². The number of hydrogen-bond donors (Lipinski definition) is 2. The SMILES string of the molecule is CC(C)OC(=O)/C=C(\OCc1ccccc1)C(O)C=N. The molecular weight excluding hydrogens is 258 g/mol. The van der Waals surface area contributed by atoms with Crippen molar-refractivity contribution in [2.24, 2.45) is 0 Å². The van der Waals surface area contributed by atoms with E-state index in [0.717, 1.165) is 17.9 Å². The molecule has 2 N–H and O–H groups in total. The summed E-state index contributed by atoms with van der Waals surface area (Å²) >= 11 is 0. The molecule has 1 atom stereocenters. The van der Waals surface area contributed by atoms with Crippen LogP contribution in [0, 0.1) is 5.41 Å². The Balaban J connectivity index is 2.72. The molecule has 1 rings (SSSR count). The van der Waals surface area contributed by atoms with E-state index >= 15 is 0 Å². The summed E-state index contributed by atoms with van der Waals surface area (Å²) in [5.74, 6) is -0.613. The van der Waals surface area contributed by atoms with Crippen molar-refractivity contribution in [1.29, 1.82) is 5.41 Å². The minimum absolute atomic E-state index is 0.00509. The lowest BCUT2D eigenvalue weighted by Gasteiger charge is -2.13. The van der Waals surface area contributed by atoms with E-state index in [1.165, 1.54) is 0 Å². The van der Waals surface area contributed by atoms with Gasteiger partial charge < -0.3 is 20.0 Å². The van der Waals surface area contributed by atoms with Crippen LogP contribution in [0.1, 0.15) is 19.4 Å². The molecule has 0 amide bonds. The van der Waals surface area contributed by atoms with Gasteiger partial charge in [-0.05, 0) is 19.4 Å². The molecule has 0 radical (unpaired) electrons. The van der Waals surface area contributed by atoms with Crippen molar-refractivity contribution in [2.75, 3.05) is 0 Å². The molecule has 0 aliphatic heterocycles. The highest BCUT2D eigenvalue weighted by molar-refractivity contribution is 5.83. The maximum Gasteiger partial charge on any atom is 0.334 e. The quantitative estimate of drug-likeness (QED) is 0.346. The van der Waals surface area contributed by atoms with Crippen molar-refractivity contribution < 1.29 is 19.4 Å². The molecule has 0 bridgehead atoms. The number of nitrogens with one attached hydrogen (secondary N) is 1. The minimum Gasteiger partial charge on any atom is -0.490 e. The summed E-state index contributed by atoms with van der Waals surface area (Å²) in [7, 11) is 0. The predicted molar refractivity (Wildman–Crippen MR) is 75.3 cm³/mol. The zero-order valence-electron chi connectivity index (χ0n) is 11.6. The molecule has 0 spiro atoms. The Morgan fingerprint density at radius 3 is 2.55 bits per heavy atom. The van der Waals surface area contributed by atoms with Crippen LogP contribution in [-0.2, 0) is 20.9 Å². The van der Waals surface area contributed by atoms with Crippen LogP contribution in [0.25, 0.3) is 0 Å². The summed E-state index contributed by atoms with van der Waals surface area (Å²) in [6.45, 7) is 3.65. The van der Waals surface area contributed by atoms with Crippen molar-refractivity contribution >= 4 is 12.2 Å². The summed E-state index contributed by atoms with van der Waals surface area (Å²) in [5.41, 5.74) is 0.896. The highest BCUT2D eigenvalue weighted by Crippen LogP contribution is 2.09. The van der Waals surface area contributed by atoms with E-state index in [1.54, 1.807) is 13.8 Å². The van der Waals surface area contributed by atoms with Gasteiger partial charge in [0.05, 0.1) is 12.2 Å². The minimum atomic E-state index is -1.27. The van der Waals surface area contributed by atoms with Crippen LogP contribution in [0.3, 0.4) is 0 Å². The number of aliphatic hydroxyl groups is 1. The highest BCUT2D eigenvalue weighted by atomic mass is 16.5. The molecule has 20 heavy (non-hydrogen) atoms. The molecule has 108 valence electrons. The van der Waals surface area contributed by atoms with Gasteiger partial charge in [-0.1, -0.05) is 30.3 Å². The third kappa shape index (κ3) is 5.67. The van der Waals surface area contributed by atoms with Crippen molar-refractivity contribution in [3.05, 3.63) is 47.7 Å². The molecule has 5 nitrogen and oxygen atoms in total. The second-order valence-electron chi connectivity index (χ2n) is 4.42. The van der Waals surface area contributed by atoms with Gasteiger partial charge in [-0.25, -0.2) is 4.79 Å². The molecule has 1 aromatic carbocycles. The third-order valence-corrected chi connectivity index (χ3v) is 2.31. The van der Waals surface area contributed by atoms with Crippen molar-refractivity contribution in [3.8, 4) is 0 Å². The van der Waals surface area contributed by atoms with E-state index in [1.807, 2.05) is 30.3 Å². The van der Waals surface area contributed by atoms with Crippen LogP contribution in [0.4, 0.5) is 0 Å². The van der Waals surface area contributed by atoms with Crippen molar-refractivity contribution in [1.82, 2.24) is 0 Å². The number of carbonyl (C=O) groups is 1. The van der Waals surface area contributed by atoms with E-state index in [0.29, 0.717) is 0 Å². The van der Waals surface area contributed by atoms with Gasteiger partial charge in [0.2, 0.25) is 0 Å². The lowest BCUT2D eigenvalue weighted by Crippen LogP contribution is -2.17. The van der Waals surface area contributed by atoms with Gasteiger partial charge in [-0.3, -0.25) is 0 Å². The first kappa shape index (κ1) is 15.9. The first-order valence-corrected chi connectivity index (χ1v) is 6.30. The van der Waals surface area contributed by atoms with E-state index in [9.17, 15) is 9.90 Å². The van der Waals surface area contributed by atoms with Gasteiger partial charge in [0.1, 0.15) is 18.5 Å². The van der Waals surface area contributed by atoms with Crippen molar-refractivity contribution in [2.45, 2.75) is 32.7 Å². The summed E-state index contributed by atoms with van der Waals surface area (Å²) in [4.78, 5) is 11.5. The summed E-state index contributed by atoms with van der Waals surface area (Å²) in [6.07, 6.45) is 0.336. The maximum atomic E-state index is 11.5. The van der Waals surface area contributed by atoms with Gasteiger partial charge in [0, 0.05) is 6.21 Å². The molecule has 0 heterocycles. The molecule has 1 unspecified atom stereocenters. The van der Waals surface area contributed by atoms with Gasteiger partial charge in [-0.2, -0.15) is 0 Å². The summed E-state index contributed by atoms with van der Waals surface area (Å²) in [5, 5.41) is 16.7. The normalized spacial score (nSPS) is 12.9. The first-order valence-electron chi connectivity index (χ1n) is 6.30. The molecule has 0 saturated heterocycles. The highest BCUT2D eigenvalue weighted by Gasteiger charge is 2.13. The van der Waals surface area contributed by atoms with E-state index in [-0.39, 0.29) is 18.5 Å². The Labute approximate surface area is 118 Å². The number of carbonyl (C=O) groups excluding carboxylic acids is 1. The molecular formula is C15H19NO4. The molecule has 0 fully saturated rings. The number of aliphatic hydroxyl groups excluding tert-OH is 1. The van der Waals surface area contributed by atoms with Gasteiger partial charge in [0.25, 0.3) is 0 Å². The lowest BCUT2D eigenvalue weighted by atomic mass is 10.2. The standard InChI is InChI=1S/C15H19NO4/c1-11(2)20-15(18)8-14(13(17)9-16)19-10-12-6-4-3-5-7-12/h3-9,11,13,16-17H,10H2,1-2H3/b14-8-,16-9?. The lowest BCUT2D eigenvalue weighted by molar-refractivity contribution is -0.141. The zero-order valence-corrected chi connectivity index (χ0v) is 11.6. The fourth-order valence-corrected chi connectivity index (χ4v) is 1.42. The summed E-state index contributed by atoms with van der Waals surface area (Å²) in [6, 6.07) is 9.33. The second kappa shape index (κ2) is 8.12. The topological polar surface area (TPSA) is 79.6 Å². The monoisotopic (exact) mass is 277 g/mol. The Hall–Kier alpha value is -2.14. The smallest absolute Gasteiger partial charge is 0.334 e. The van der Waals surface area contributed by atoms with Crippen LogP contribution in [0.5, 0.6) is 0 Å². The average Bonchev–Trinajstić information content (AvgIpc) is 2.42. The maximum absolute atomic E-state index is 11.5. The molecule has 0 aliphatic rings. The van der Waals surface area contributed by atoms with Gasteiger partial charge >= 0.3 is 5.97 Å². The van der Waals surface area contributed by atoms with Crippen LogP contribution < -0.4 is 0 Å². The Morgan fingerprint density at radius 1 is 1.35 bits per heavy atom. The Morgan fingerprint density at radius 2 is 2.00 bits per heavy atom. The largest absolute Gasteiger partial charge is 0.490 e. The predicted octanol–water partition coefficient (Wildman–Crippen LogP) is 2.05. The number of ether oxygens (including phenoxy) is 2. The van der Waals surface area contributed by atoms with Crippen LogP contribution in [0.2, 0.25) is 0 Å². The number of hydrogen-bond acceptors (Lipinski definition) is 5. The number of esters is 1. The number of benzene rings is 1. The molecule has 0 saturated carbocycles. The van der Waals surface area contributed by atoms with E-state index in [4.69, 9.17) is 14.9 Å². The van der Waals surface area contributed by atoms with Crippen LogP contribution in [-0.4, -0.2) is 29.5 Å². The zero-order chi connectivity index (χ0) is 15.0. The fraction of sp³-hybridized carbons (Fsp3) is 0.333. The fourth-order valence-electron chi connectivity index (χ4n) is 1.42.